The Balaban J connectivity index is 1.67. The van der Waals surface area contributed by atoms with Crippen molar-refractivity contribution in [1.82, 2.24) is 20.1 Å². The third-order valence-electron chi connectivity index (χ3n) is 2.64. The number of nitrogens with one attached hydrogen (secondary N) is 1. The van der Waals surface area contributed by atoms with Crippen LogP contribution in [0.5, 0.6) is 0 Å². The first-order valence-electron chi connectivity index (χ1n) is 5.63. The van der Waals surface area contributed by atoms with Crippen LogP contribution in [0.1, 0.15) is 19.3 Å². The predicted molar refractivity (Wildman–Crippen MR) is 63.4 cm³/mol. The number of aliphatic hydroxyl groups is 1. The Hall–Kier alpha value is -0.590. The van der Waals surface area contributed by atoms with Crippen LogP contribution < -0.4 is 5.32 Å². The number of aromatic nitrogens is 3. The second kappa shape index (κ2) is 5.65. The number of rotatable bonds is 7. The van der Waals surface area contributed by atoms with Crippen molar-refractivity contribution >= 4 is 11.8 Å². The normalized spacial score (nSPS) is 17.6. The molecule has 1 saturated carbocycles. The number of nitrogens with zero attached hydrogens (tertiary/aromatic N) is 3. The van der Waals surface area contributed by atoms with Crippen molar-refractivity contribution in [2.75, 3.05) is 12.4 Å². The number of hydrogen-bond acceptors (Lipinski definition) is 5. The zero-order valence-corrected chi connectivity index (χ0v) is 10.3. The van der Waals surface area contributed by atoms with E-state index < -0.39 is 0 Å². The standard InChI is InChI=1S/C10H18N4OS/c1-14-7-11-13-10(14)16-5-4-9(6-15)12-8-2-3-8/h7-9,12,15H,2-6H2,1H3. The SMILES string of the molecule is Cn1cnnc1SCCC(CO)NC1CC1. The minimum atomic E-state index is 0.218. The van der Waals surface area contributed by atoms with Crippen molar-refractivity contribution in [2.45, 2.75) is 36.5 Å². The summed E-state index contributed by atoms with van der Waals surface area (Å²) in [6.45, 7) is 0.218. The summed E-state index contributed by atoms with van der Waals surface area (Å²) in [6, 6.07) is 0.880. The Morgan fingerprint density at radius 2 is 2.50 bits per heavy atom. The van der Waals surface area contributed by atoms with Crippen LogP contribution >= 0.6 is 11.8 Å². The van der Waals surface area contributed by atoms with Gasteiger partial charge in [0.1, 0.15) is 6.33 Å². The minimum absolute atomic E-state index is 0.218. The molecule has 5 nitrogen and oxygen atoms in total. The monoisotopic (exact) mass is 242 g/mol. The molecule has 16 heavy (non-hydrogen) atoms. The quantitative estimate of drug-likeness (QED) is 0.678. The van der Waals surface area contributed by atoms with Gasteiger partial charge in [-0.15, -0.1) is 10.2 Å². The second-order valence-corrected chi connectivity index (χ2v) is 5.24. The first kappa shape index (κ1) is 11.9. The first-order valence-corrected chi connectivity index (χ1v) is 6.62. The maximum atomic E-state index is 9.21. The van der Waals surface area contributed by atoms with Crippen LogP contribution in [0.25, 0.3) is 0 Å². The van der Waals surface area contributed by atoms with Crippen molar-refractivity contribution in [1.29, 1.82) is 0 Å². The molecule has 0 bridgehead atoms. The molecule has 2 rings (SSSR count). The smallest absolute Gasteiger partial charge is 0.190 e. The Labute approximate surface area is 99.6 Å². The number of aliphatic hydroxyl groups excluding tert-OH is 1. The summed E-state index contributed by atoms with van der Waals surface area (Å²) >= 11 is 1.68. The van der Waals surface area contributed by atoms with Crippen LogP contribution in [0.4, 0.5) is 0 Å². The van der Waals surface area contributed by atoms with Crippen LogP contribution in [-0.2, 0) is 7.05 Å². The molecule has 0 spiro atoms. The average molecular weight is 242 g/mol. The zero-order chi connectivity index (χ0) is 11.4. The number of aryl methyl sites for hydroxylation is 1. The van der Waals surface area contributed by atoms with Crippen LogP contribution in [0.3, 0.4) is 0 Å². The van der Waals surface area contributed by atoms with Crippen molar-refractivity contribution in [3.8, 4) is 0 Å². The van der Waals surface area contributed by atoms with Gasteiger partial charge in [-0.05, 0) is 19.3 Å². The van der Waals surface area contributed by atoms with E-state index in [-0.39, 0.29) is 12.6 Å². The van der Waals surface area contributed by atoms with E-state index in [1.54, 1.807) is 18.1 Å². The van der Waals surface area contributed by atoms with Crippen molar-refractivity contribution in [2.24, 2.45) is 7.05 Å². The highest BCUT2D eigenvalue weighted by molar-refractivity contribution is 7.99. The molecular weight excluding hydrogens is 224 g/mol. The molecule has 1 heterocycles. The third kappa shape index (κ3) is 3.47. The molecule has 1 aromatic rings. The first-order chi connectivity index (χ1) is 7.79. The van der Waals surface area contributed by atoms with E-state index in [9.17, 15) is 5.11 Å². The van der Waals surface area contributed by atoms with Gasteiger partial charge < -0.3 is 15.0 Å². The van der Waals surface area contributed by atoms with Crippen LogP contribution in [0.15, 0.2) is 11.5 Å². The van der Waals surface area contributed by atoms with Crippen molar-refractivity contribution < 1.29 is 5.11 Å². The summed E-state index contributed by atoms with van der Waals surface area (Å²) in [6.07, 6.45) is 5.18. The highest BCUT2D eigenvalue weighted by atomic mass is 32.2. The Kier molecular flexibility index (Phi) is 4.20. The fourth-order valence-corrected chi connectivity index (χ4v) is 2.45. The fourth-order valence-electron chi connectivity index (χ4n) is 1.51. The van der Waals surface area contributed by atoms with Gasteiger partial charge in [-0.25, -0.2) is 0 Å². The highest BCUT2D eigenvalue weighted by Crippen LogP contribution is 2.21. The lowest BCUT2D eigenvalue weighted by Gasteiger charge is -2.14. The third-order valence-corrected chi connectivity index (χ3v) is 3.70. The molecule has 1 aromatic heterocycles. The Bertz CT molecular complexity index is 326. The van der Waals surface area contributed by atoms with Crippen LogP contribution in [0.2, 0.25) is 0 Å². The lowest BCUT2D eigenvalue weighted by Crippen LogP contribution is -2.34. The average Bonchev–Trinajstić information content (AvgIpc) is 3.01. The van der Waals surface area contributed by atoms with Gasteiger partial charge in [0.2, 0.25) is 0 Å². The molecule has 0 radical (unpaired) electrons. The second-order valence-electron chi connectivity index (χ2n) is 4.18. The van der Waals surface area contributed by atoms with Gasteiger partial charge in [0.15, 0.2) is 5.16 Å². The van der Waals surface area contributed by atoms with Gasteiger partial charge in [-0.3, -0.25) is 0 Å². The molecule has 1 fully saturated rings. The van der Waals surface area contributed by atoms with Gasteiger partial charge in [-0.2, -0.15) is 0 Å². The zero-order valence-electron chi connectivity index (χ0n) is 9.46. The summed E-state index contributed by atoms with van der Waals surface area (Å²) in [7, 11) is 1.94. The fraction of sp³-hybridized carbons (Fsp3) is 0.800. The van der Waals surface area contributed by atoms with E-state index in [0.29, 0.717) is 6.04 Å². The lowest BCUT2D eigenvalue weighted by atomic mass is 10.2. The van der Waals surface area contributed by atoms with E-state index in [1.807, 2.05) is 11.6 Å². The number of hydrogen-bond donors (Lipinski definition) is 2. The topological polar surface area (TPSA) is 63.0 Å². The largest absolute Gasteiger partial charge is 0.395 e. The highest BCUT2D eigenvalue weighted by Gasteiger charge is 2.23. The van der Waals surface area contributed by atoms with E-state index in [4.69, 9.17) is 0 Å². The molecule has 6 heteroatoms. The van der Waals surface area contributed by atoms with E-state index >= 15 is 0 Å². The molecule has 1 unspecified atom stereocenters. The molecule has 0 aliphatic heterocycles. The maximum absolute atomic E-state index is 9.21. The van der Waals surface area contributed by atoms with Crippen LogP contribution in [0, 0.1) is 0 Å². The molecular formula is C10H18N4OS. The Morgan fingerprint density at radius 3 is 3.06 bits per heavy atom. The molecule has 2 N–H and O–H groups in total. The lowest BCUT2D eigenvalue weighted by molar-refractivity contribution is 0.238. The van der Waals surface area contributed by atoms with Crippen molar-refractivity contribution in [3.05, 3.63) is 6.33 Å². The molecule has 1 aliphatic carbocycles. The van der Waals surface area contributed by atoms with Gasteiger partial charge in [0, 0.05) is 24.9 Å². The molecule has 0 amide bonds. The van der Waals surface area contributed by atoms with Gasteiger partial charge in [0.25, 0.3) is 0 Å². The molecule has 90 valence electrons. The predicted octanol–water partition coefficient (Wildman–Crippen LogP) is 0.410. The Morgan fingerprint density at radius 1 is 1.69 bits per heavy atom. The summed E-state index contributed by atoms with van der Waals surface area (Å²) in [5.74, 6) is 0.956. The summed E-state index contributed by atoms with van der Waals surface area (Å²) in [5.41, 5.74) is 0. The summed E-state index contributed by atoms with van der Waals surface area (Å²) in [5, 5.41) is 21.4. The van der Waals surface area contributed by atoms with Crippen LogP contribution in [-0.4, -0.2) is 44.3 Å². The van der Waals surface area contributed by atoms with E-state index in [2.05, 4.69) is 15.5 Å². The number of thioether (sulfide) groups is 1. The van der Waals surface area contributed by atoms with E-state index in [0.717, 1.165) is 17.3 Å². The minimum Gasteiger partial charge on any atom is -0.395 e. The summed E-state index contributed by atoms with van der Waals surface area (Å²) < 4.78 is 1.91. The molecule has 1 atom stereocenters. The molecule has 0 aromatic carbocycles. The molecule has 0 saturated heterocycles. The maximum Gasteiger partial charge on any atom is 0.190 e. The van der Waals surface area contributed by atoms with Crippen molar-refractivity contribution in [3.63, 3.8) is 0 Å². The van der Waals surface area contributed by atoms with Gasteiger partial charge >= 0.3 is 0 Å². The van der Waals surface area contributed by atoms with Gasteiger partial charge in [0.05, 0.1) is 6.61 Å². The molecule has 1 aliphatic rings. The van der Waals surface area contributed by atoms with Gasteiger partial charge in [-0.1, -0.05) is 11.8 Å². The van der Waals surface area contributed by atoms with E-state index in [1.165, 1.54) is 12.8 Å². The summed E-state index contributed by atoms with van der Waals surface area (Å²) in [4.78, 5) is 0.